The Kier molecular flexibility index (Phi) is 3.13. The summed E-state index contributed by atoms with van der Waals surface area (Å²) in [5.41, 5.74) is 3.00. The second-order valence-corrected chi connectivity index (χ2v) is 5.73. The lowest BCUT2D eigenvalue weighted by Gasteiger charge is -2.01. The molecule has 0 spiro atoms. The maximum atomic E-state index is 12.1. The van der Waals surface area contributed by atoms with Crippen molar-refractivity contribution in [3.63, 3.8) is 0 Å². The third-order valence-electron chi connectivity index (χ3n) is 3.87. The fourth-order valence-corrected chi connectivity index (χ4v) is 3.15. The summed E-state index contributed by atoms with van der Waals surface area (Å²) >= 11 is 6.38. The lowest BCUT2D eigenvalue weighted by Crippen LogP contribution is -2.06. The molecule has 5 heteroatoms. The smallest absolute Gasteiger partial charge is 0.229 e. The van der Waals surface area contributed by atoms with Crippen LogP contribution in [0.5, 0.6) is 0 Å². The summed E-state index contributed by atoms with van der Waals surface area (Å²) in [7, 11) is 0. The number of hydrogen-bond donors (Lipinski definition) is 0. The molecule has 0 atom stereocenters. The highest BCUT2D eigenvalue weighted by Crippen LogP contribution is 2.34. The van der Waals surface area contributed by atoms with Crippen LogP contribution in [0.2, 0.25) is 5.02 Å². The van der Waals surface area contributed by atoms with E-state index in [0.29, 0.717) is 10.7 Å². The van der Waals surface area contributed by atoms with Gasteiger partial charge >= 0.3 is 0 Å². The summed E-state index contributed by atoms with van der Waals surface area (Å²) in [6.45, 7) is 1.51. The van der Waals surface area contributed by atoms with Crippen LogP contribution in [0.15, 0.2) is 54.6 Å². The number of carbonyl (C=O) groups is 1. The molecule has 2 aromatic carbocycles. The Hall–Kier alpha value is -2.72. The molecule has 2 aromatic heterocycles. The third kappa shape index (κ3) is 2.11. The van der Waals surface area contributed by atoms with Crippen LogP contribution in [0.1, 0.15) is 11.7 Å². The van der Waals surface area contributed by atoms with Gasteiger partial charge in [0.2, 0.25) is 5.91 Å². The number of hydrogen-bond acceptors (Lipinski definition) is 3. The molecule has 0 bridgehead atoms. The monoisotopic (exact) mass is 321 g/mol. The van der Waals surface area contributed by atoms with Crippen molar-refractivity contribution in [1.29, 1.82) is 0 Å². The molecule has 0 N–H and O–H groups in total. The number of benzene rings is 2. The van der Waals surface area contributed by atoms with E-state index in [0.717, 1.165) is 27.5 Å². The van der Waals surface area contributed by atoms with Crippen LogP contribution in [0.3, 0.4) is 0 Å². The van der Waals surface area contributed by atoms with Gasteiger partial charge in [0, 0.05) is 23.3 Å². The van der Waals surface area contributed by atoms with Crippen molar-refractivity contribution in [2.75, 3.05) is 0 Å². The molecular weight excluding hydrogens is 310 g/mol. The summed E-state index contributed by atoms with van der Waals surface area (Å²) in [4.78, 5) is 12.1. The van der Waals surface area contributed by atoms with Crippen molar-refractivity contribution < 1.29 is 4.79 Å². The SMILES string of the molecule is CC(=O)n1c2cccc(Cl)c2c2cc(-c3ccccc3)nnc21. The molecule has 4 nitrogen and oxygen atoms in total. The predicted octanol–water partition coefficient (Wildman–Crippen LogP) is 4.57. The van der Waals surface area contributed by atoms with Crippen molar-refractivity contribution in [2.45, 2.75) is 6.92 Å². The van der Waals surface area contributed by atoms with E-state index in [-0.39, 0.29) is 5.91 Å². The lowest BCUT2D eigenvalue weighted by atomic mass is 10.1. The molecule has 0 amide bonds. The quantitative estimate of drug-likeness (QED) is 0.516. The van der Waals surface area contributed by atoms with Crippen LogP contribution < -0.4 is 0 Å². The van der Waals surface area contributed by atoms with Crippen molar-refractivity contribution in [2.24, 2.45) is 0 Å². The lowest BCUT2D eigenvalue weighted by molar-refractivity contribution is 0.0945. The molecule has 112 valence electrons. The Morgan fingerprint density at radius 1 is 1.04 bits per heavy atom. The maximum Gasteiger partial charge on any atom is 0.229 e. The standard InChI is InChI=1S/C18H12ClN3O/c1-11(23)22-16-9-5-8-14(19)17(16)13-10-15(20-21-18(13)22)12-6-3-2-4-7-12/h2-10H,1H3. The van der Waals surface area contributed by atoms with Gasteiger partial charge in [0.15, 0.2) is 5.65 Å². The van der Waals surface area contributed by atoms with Gasteiger partial charge in [0.05, 0.1) is 16.2 Å². The summed E-state index contributed by atoms with van der Waals surface area (Å²) < 4.78 is 1.55. The van der Waals surface area contributed by atoms with Crippen LogP contribution in [0.4, 0.5) is 0 Å². The van der Waals surface area contributed by atoms with E-state index < -0.39 is 0 Å². The van der Waals surface area contributed by atoms with E-state index in [1.807, 2.05) is 54.6 Å². The van der Waals surface area contributed by atoms with Crippen LogP contribution in [-0.4, -0.2) is 20.7 Å². The minimum absolute atomic E-state index is 0.117. The first-order chi connectivity index (χ1) is 11.2. The zero-order valence-electron chi connectivity index (χ0n) is 12.3. The van der Waals surface area contributed by atoms with Crippen LogP contribution in [0, 0.1) is 0 Å². The van der Waals surface area contributed by atoms with E-state index in [1.54, 1.807) is 4.57 Å². The van der Waals surface area contributed by atoms with Crippen molar-refractivity contribution in [3.8, 4) is 11.3 Å². The first kappa shape index (κ1) is 13.9. The highest BCUT2D eigenvalue weighted by molar-refractivity contribution is 6.38. The molecule has 0 aliphatic heterocycles. The Balaban J connectivity index is 2.13. The van der Waals surface area contributed by atoms with Gasteiger partial charge < -0.3 is 0 Å². The summed E-state index contributed by atoms with van der Waals surface area (Å²) in [6.07, 6.45) is 0. The molecule has 4 aromatic rings. The zero-order valence-corrected chi connectivity index (χ0v) is 13.1. The second kappa shape index (κ2) is 5.18. The van der Waals surface area contributed by atoms with Gasteiger partial charge in [-0.2, -0.15) is 0 Å². The predicted molar refractivity (Wildman–Crippen MR) is 91.8 cm³/mol. The molecule has 2 heterocycles. The Morgan fingerprint density at radius 3 is 2.57 bits per heavy atom. The number of nitrogens with zero attached hydrogens (tertiary/aromatic N) is 3. The summed E-state index contributed by atoms with van der Waals surface area (Å²) in [6, 6.07) is 17.2. The van der Waals surface area contributed by atoms with E-state index in [9.17, 15) is 4.79 Å². The minimum atomic E-state index is -0.117. The summed E-state index contributed by atoms with van der Waals surface area (Å²) in [5, 5.41) is 10.8. The van der Waals surface area contributed by atoms with Crippen molar-refractivity contribution >= 4 is 39.4 Å². The van der Waals surface area contributed by atoms with Gasteiger partial charge in [-0.1, -0.05) is 48.0 Å². The second-order valence-electron chi connectivity index (χ2n) is 5.32. The van der Waals surface area contributed by atoms with Gasteiger partial charge in [-0.05, 0) is 18.2 Å². The van der Waals surface area contributed by atoms with Crippen molar-refractivity contribution in [3.05, 3.63) is 59.6 Å². The van der Waals surface area contributed by atoms with Gasteiger partial charge in [-0.15, -0.1) is 10.2 Å². The maximum absolute atomic E-state index is 12.1. The van der Waals surface area contributed by atoms with Gasteiger partial charge in [0.1, 0.15) is 0 Å². The molecule has 0 unspecified atom stereocenters. The van der Waals surface area contributed by atoms with E-state index in [1.165, 1.54) is 6.92 Å². The molecule has 23 heavy (non-hydrogen) atoms. The van der Waals surface area contributed by atoms with E-state index >= 15 is 0 Å². The fraction of sp³-hybridized carbons (Fsp3) is 0.0556. The number of carbonyl (C=O) groups excluding carboxylic acids is 1. The highest BCUT2D eigenvalue weighted by Gasteiger charge is 2.18. The van der Waals surface area contributed by atoms with Gasteiger partial charge in [0.25, 0.3) is 0 Å². The molecule has 4 rings (SSSR count). The first-order valence-electron chi connectivity index (χ1n) is 7.19. The average molecular weight is 322 g/mol. The molecule has 0 radical (unpaired) electrons. The minimum Gasteiger partial charge on any atom is -0.274 e. The van der Waals surface area contributed by atoms with E-state index in [4.69, 9.17) is 11.6 Å². The van der Waals surface area contributed by atoms with Crippen LogP contribution >= 0.6 is 11.6 Å². The number of rotatable bonds is 1. The number of fused-ring (bicyclic) bond motifs is 3. The molecule has 0 aliphatic carbocycles. The largest absolute Gasteiger partial charge is 0.274 e. The van der Waals surface area contributed by atoms with Crippen LogP contribution in [-0.2, 0) is 0 Å². The Morgan fingerprint density at radius 2 is 1.83 bits per heavy atom. The molecule has 0 aliphatic rings. The molecule has 0 saturated heterocycles. The molecule has 0 fully saturated rings. The fourth-order valence-electron chi connectivity index (χ4n) is 2.88. The Bertz CT molecular complexity index is 1050. The van der Waals surface area contributed by atoms with Gasteiger partial charge in [-0.3, -0.25) is 9.36 Å². The van der Waals surface area contributed by atoms with Crippen LogP contribution in [0.25, 0.3) is 33.2 Å². The van der Waals surface area contributed by atoms with E-state index in [2.05, 4.69) is 10.2 Å². The first-order valence-corrected chi connectivity index (χ1v) is 7.57. The molecule has 0 saturated carbocycles. The molecular formula is C18H12ClN3O. The normalized spacial score (nSPS) is 11.2. The summed E-state index contributed by atoms with van der Waals surface area (Å²) in [5.74, 6) is -0.117. The topological polar surface area (TPSA) is 47.8 Å². The zero-order chi connectivity index (χ0) is 16.0. The third-order valence-corrected chi connectivity index (χ3v) is 4.19. The van der Waals surface area contributed by atoms with Gasteiger partial charge in [-0.25, -0.2) is 0 Å². The van der Waals surface area contributed by atoms with Crippen molar-refractivity contribution in [1.82, 2.24) is 14.8 Å². The number of aromatic nitrogens is 3. The number of halogens is 1. The highest BCUT2D eigenvalue weighted by atomic mass is 35.5. The Labute approximate surface area is 137 Å². The average Bonchev–Trinajstić information content (AvgIpc) is 2.90.